The molecular formula is C14H19N3O3S. The Kier molecular flexibility index (Phi) is 5.31. The van der Waals surface area contributed by atoms with Crippen LogP contribution in [0.15, 0.2) is 24.3 Å². The molecule has 1 aromatic rings. The Morgan fingerprint density at radius 1 is 1.19 bits per heavy atom. The molecule has 0 saturated carbocycles. The number of rotatable bonds is 5. The molecule has 114 valence electrons. The summed E-state index contributed by atoms with van der Waals surface area (Å²) in [5.74, 6) is -0.142. The quantitative estimate of drug-likeness (QED) is 0.827. The summed E-state index contributed by atoms with van der Waals surface area (Å²) in [6.45, 7) is 2.76. The van der Waals surface area contributed by atoms with Gasteiger partial charge < -0.3 is 5.11 Å². The highest BCUT2D eigenvalue weighted by atomic mass is 32.2. The zero-order valence-corrected chi connectivity index (χ0v) is 12.6. The van der Waals surface area contributed by atoms with Crippen LogP contribution < -0.4 is 0 Å². The maximum atomic E-state index is 12.4. The molecule has 0 atom stereocenters. The van der Waals surface area contributed by atoms with Crippen molar-refractivity contribution in [2.45, 2.75) is 5.75 Å². The summed E-state index contributed by atoms with van der Waals surface area (Å²) < 4.78 is 26.3. The van der Waals surface area contributed by atoms with E-state index in [1.165, 1.54) is 4.31 Å². The first-order valence-electron chi connectivity index (χ1n) is 6.86. The van der Waals surface area contributed by atoms with Crippen molar-refractivity contribution in [3.05, 3.63) is 35.4 Å². The molecule has 0 bridgehead atoms. The molecule has 2 rings (SSSR count). The fraction of sp³-hybridized carbons (Fsp3) is 0.500. The summed E-state index contributed by atoms with van der Waals surface area (Å²) in [4.78, 5) is 2.04. The van der Waals surface area contributed by atoms with Crippen LogP contribution in [-0.2, 0) is 15.8 Å². The molecule has 0 unspecified atom stereocenters. The number of aliphatic hydroxyl groups is 1. The van der Waals surface area contributed by atoms with Gasteiger partial charge in [0.1, 0.15) is 0 Å². The molecule has 21 heavy (non-hydrogen) atoms. The van der Waals surface area contributed by atoms with Crippen LogP contribution in [0.25, 0.3) is 0 Å². The molecule has 1 fully saturated rings. The van der Waals surface area contributed by atoms with Crippen molar-refractivity contribution in [2.24, 2.45) is 0 Å². The van der Waals surface area contributed by atoms with Gasteiger partial charge >= 0.3 is 0 Å². The molecule has 0 aliphatic carbocycles. The van der Waals surface area contributed by atoms with Crippen molar-refractivity contribution >= 4 is 10.0 Å². The van der Waals surface area contributed by atoms with Gasteiger partial charge in [0, 0.05) is 32.7 Å². The molecule has 0 aromatic heterocycles. The summed E-state index contributed by atoms with van der Waals surface area (Å²) >= 11 is 0. The summed E-state index contributed by atoms with van der Waals surface area (Å²) in [5, 5.41) is 17.9. The Morgan fingerprint density at radius 3 is 2.48 bits per heavy atom. The highest BCUT2D eigenvalue weighted by Crippen LogP contribution is 2.16. The first-order valence-corrected chi connectivity index (χ1v) is 8.47. The summed E-state index contributed by atoms with van der Waals surface area (Å²) in [6.07, 6.45) is 0. The van der Waals surface area contributed by atoms with Crippen molar-refractivity contribution in [3.63, 3.8) is 0 Å². The highest BCUT2D eigenvalue weighted by molar-refractivity contribution is 7.88. The number of nitrogens with zero attached hydrogens (tertiary/aromatic N) is 3. The summed E-state index contributed by atoms with van der Waals surface area (Å²) in [7, 11) is -3.41. The van der Waals surface area contributed by atoms with E-state index in [1.54, 1.807) is 24.3 Å². The van der Waals surface area contributed by atoms with Gasteiger partial charge in [-0.15, -0.1) is 0 Å². The number of β-amino-alcohol motifs (C(OH)–C–C–N with tert-alkyl or cyclic N) is 1. The average Bonchev–Trinajstić information content (AvgIpc) is 2.48. The zero-order valence-electron chi connectivity index (χ0n) is 11.8. The third kappa shape index (κ3) is 4.02. The van der Waals surface area contributed by atoms with Gasteiger partial charge in [0.2, 0.25) is 10.0 Å². The Hall–Kier alpha value is -1.46. The molecular weight excluding hydrogens is 290 g/mol. The van der Waals surface area contributed by atoms with Gasteiger partial charge in [-0.2, -0.15) is 9.57 Å². The molecule has 7 heteroatoms. The van der Waals surface area contributed by atoms with Crippen LogP contribution in [0.2, 0.25) is 0 Å². The average molecular weight is 309 g/mol. The van der Waals surface area contributed by atoms with E-state index >= 15 is 0 Å². The Morgan fingerprint density at radius 2 is 1.86 bits per heavy atom. The van der Waals surface area contributed by atoms with Crippen LogP contribution in [0.1, 0.15) is 11.1 Å². The molecule has 1 aromatic carbocycles. The molecule has 1 saturated heterocycles. The lowest BCUT2D eigenvalue weighted by Gasteiger charge is -2.33. The van der Waals surface area contributed by atoms with Crippen LogP contribution in [0.5, 0.6) is 0 Å². The van der Waals surface area contributed by atoms with Gasteiger partial charge in [-0.1, -0.05) is 18.2 Å². The molecule has 6 nitrogen and oxygen atoms in total. The number of hydrogen-bond acceptors (Lipinski definition) is 5. The van der Waals surface area contributed by atoms with E-state index in [0.717, 1.165) is 0 Å². The standard InChI is InChI=1S/C14H19N3O3S/c15-11-13-3-1-2-4-14(13)12-21(19,20)17-7-5-16(6-8-17)9-10-18/h1-4,18H,5-10,12H2. The zero-order chi connectivity index (χ0) is 15.3. The van der Waals surface area contributed by atoms with E-state index in [2.05, 4.69) is 0 Å². The summed E-state index contributed by atoms with van der Waals surface area (Å²) in [5.41, 5.74) is 0.942. The van der Waals surface area contributed by atoms with Crippen molar-refractivity contribution in [3.8, 4) is 6.07 Å². The van der Waals surface area contributed by atoms with Gasteiger partial charge in [0.15, 0.2) is 0 Å². The second-order valence-electron chi connectivity index (χ2n) is 4.99. The van der Waals surface area contributed by atoms with Crippen LogP contribution >= 0.6 is 0 Å². The fourth-order valence-corrected chi connectivity index (χ4v) is 3.96. The maximum absolute atomic E-state index is 12.4. The van der Waals surface area contributed by atoms with Gasteiger partial charge in [0.05, 0.1) is 24.0 Å². The Balaban J connectivity index is 2.05. The molecule has 1 heterocycles. The topological polar surface area (TPSA) is 84.6 Å². The van der Waals surface area contributed by atoms with Gasteiger partial charge in [-0.05, 0) is 11.6 Å². The van der Waals surface area contributed by atoms with E-state index < -0.39 is 10.0 Å². The first-order chi connectivity index (χ1) is 10.1. The third-order valence-corrected chi connectivity index (χ3v) is 5.44. The lowest BCUT2D eigenvalue weighted by molar-refractivity contribution is 0.151. The molecule has 1 N–H and O–H groups in total. The monoisotopic (exact) mass is 309 g/mol. The van der Waals surface area contributed by atoms with Crippen molar-refractivity contribution < 1.29 is 13.5 Å². The normalized spacial score (nSPS) is 17.5. The van der Waals surface area contributed by atoms with E-state index in [4.69, 9.17) is 10.4 Å². The lowest BCUT2D eigenvalue weighted by Crippen LogP contribution is -2.49. The minimum Gasteiger partial charge on any atom is -0.395 e. The number of benzene rings is 1. The smallest absolute Gasteiger partial charge is 0.218 e. The van der Waals surface area contributed by atoms with E-state index in [0.29, 0.717) is 43.9 Å². The van der Waals surface area contributed by atoms with Crippen molar-refractivity contribution in [1.82, 2.24) is 9.21 Å². The number of aliphatic hydroxyl groups excluding tert-OH is 1. The number of hydrogen-bond donors (Lipinski definition) is 1. The van der Waals surface area contributed by atoms with E-state index in [-0.39, 0.29) is 12.4 Å². The second-order valence-corrected chi connectivity index (χ2v) is 6.96. The predicted octanol–water partition coefficient (Wildman–Crippen LogP) is -0.00202. The third-order valence-electron chi connectivity index (χ3n) is 3.62. The largest absolute Gasteiger partial charge is 0.395 e. The number of nitriles is 1. The second kappa shape index (κ2) is 7.00. The lowest BCUT2D eigenvalue weighted by atomic mass is 10.1. The van der Waals surface area contributed by atoms with Crippen LogP contribution in [-0.4, -0.2) is 62.1 Å². The molecule has 0 spiro atoms. The van der Waals surface area contributed by atoms with Gasteiger partial charge in [0.25, 0.3) is 0 Å². The Labute approximate surface area is 125 Å². The highest BCUT2D eigenvalue weighted by Gasteiger charge is 2.27. The fourth-order valence-electron chi connectivity index (χ4n) is 2.42. The summed E-state index contributed by atoms with van der Waals surface area (Å²) in [6, 6.07) is 8.80. The predicted molar refractivity (Wildman–Crippen MR) is 78.9 cm³/mol. The molecule has 0 radical (unpaired) electrons. The van der Waals surface area contributed by atoms with Crippen LogP contribution in [0.4, 0.5) is 0 Å². The molecule has 1 aliphatic heterocycles. The Bertz CT molecular complexity index is 617. The van der Waals surface area contributed by atoms with Crippen molar-refractivity contribution in [1.29, 1.82) is 5.26 Å². The van der Waals surface area contributed by atoms with Crippen LogP contribution in [0.3, 0.4) is 0 Å². The molecule has 0 amide bonds. The first kappa shape index (κ1) is 15.9. The minimum atomic E-state index is -3.41. The van der Waals surface area contributed by atoms with Crippen LogP contribution in [0, 0.1) is 11.3 Å². The van der Waals surface area contributed by atoms with Gasteiger partial charge in [-0.25, -0.2) is 8.42 Å². The number of piperazine rings is 1. The van der Waals surface area contributed by atoms with E-state index in [9.17, 15) is 8.42 Å². The van der Waals surface area contributed by atoms with Gasteiger partial charge in [-0.3, -0.25) is 4.90 Å². The minimum absolute atomic E-state index is 0.0856. The van der Waals surface area contributed by atoms with E-state index in [1.807, 2.05) is 11.0 Å². The molecule has 1 aliphatic rings. The number of sulfonamides is 1. The SMILES string of the molecule is N#Cc1ccccc1CS(=O)(=O)N1CCN(CCO)CC1. The van der Waals surface area contributed by atoms with Crippen molar-refractivity contribution in [2.75, 3.05) is 39.3 Å². The maximum Gasteiger partial charge on any atom is 0.218 e.